The van der Waals surface area contributed by atoms with E-state index >= 15 is 0 Å². The average Bonchev–Trinajstić information content (AvgIpc) is 2.45. The molecule has 5 nitrogen and oxygen atoms in total. The monoisotopic (exact) mass is 288 g/mol. The Labute approximate surface area is 122 Å². The number of hydrogen-bond acceptors (Lipinski definition) is 4. The van der Waals surface area contributed by atoms with E-state index in [1.54, 1.807) is 18.2 Å². The summed E-state index contributed by atoms with van der Waals surface area (Å²) in [7, 11) is 1.47. The Morgan fingerprint density at radius 2 is 1.71 bits per heavy atom. The van der Waals surface area contributed by atoms with Gasteiger partial charge in [-0.05, 0) is 23.8 Å². The molecule has 110 valence electrons. The zero-order valence-corrected chi connectivity index (χ0v) is 11.5. The van der Waals surface area contributed by atoms with Crippen LogP contribution < -0.4 is 4.74 Å². The maximum absolute atomic E-state index is 11.2. The second-order valence-electron chi connectivity index (χ2n) is 4.67. The lowest BCUT2D eigenvalue weighted by molar-refractivity contribution is -0.137. The predicted octanol–water partition coefficient (Wildman–Crippen LogP) is 2.71. The number of carboxylic acids is 1. The molecule has 0 radical (unpaired) electrons. The van der Waals surface area contributed by atoms with E-state index in [0.717, 1.165) is 5.56 Å². The molecule has 0 aliphatic rings. The van der Waals surface area contributed by atoms with E-state index in [0.29, 0.717) is 11.3 Å². The van der Waals surface area contributed by atoms with Crippen molar-refractivity contribution in [3.63, 3.8) is 0 Å². The average molecular weight is 288 g/mol. The van der Waals surface area contributed by atoms with Crippen molar-refractivity contribution >= 4 is 5.97 Å². The third-order valence-corrected chi connectivity index (χ3v) is 3.27. The smallest absolute Gasteiger partial charge is 0.304 e. The summed E-state index contributed by atoms with van der Waals surface area (Å²) >= 11 is 0. The largest absolute Gasteiger partial charge is 0.508 e. The van der Waals surface area contributed by atoms with Gasteiger partial charge in [0.15, 0.2) is 0 Å². The Morgan fingerprint density at radius 3 is 2.29 bits per heavy atom. The number of carboxylic acid groups (broad SMARTS) is 1. The fraction of sp³-hybridized carbons (Fsp3) is 0.188. The van der Waals surface area contributed by atoms with Gasteiger partial charge in [0.05, 0.1) is 13.5 Å². The molecule has 0 saturated carbocycles. The van der Waals surface area contributed by atoms with Gasteiger partial charge in [-0.2, -0.15) is 0 Å². The van der Waals surface area contributed by atoms with Crippen molar-refractivity contribution in [2.45, 2.75) is 12.3 Å². The van der Waals surface area contributed by atoms with Crippen molar-refractivity contribution in [2.75, 3.05) is 7.11 Å². The van der Waals surface area contributed by atoms with Crippen LogP contribution in [0.2, 0.25) is 0 Å². The first-order valence-corrected chi connectivity index (χ1v) is 6.39. The van der Waals surface area contributed by atoms with Gasteiger partial charge in [0.25, 0.3) is 0 Å². The van der Waals surface area contributed by atoms with E-state index < -0.39 is 11.9 Å². The molecule has 0 bridgehead atoms. The maximum Gasteiger partial charge on any atom is 0.304 e. The topological polar surface area (TPSA) is 87.0 Å². The van der Waals surface area contributed by atoms with Gasteiger partial charge >= 0.3 is 5.97 Å². The van der Waals surface area contributed by atoms with Gasteiger partial charge < -0.3 is 20.1 Å². The number of phenolic OH excluding ortho intramolecular Hbond substituents is 2. The number of aliphatic carboxylic acids is 1. The van der Waals surface area contributed by atoms with E-state index in [-0.39, 0.29) is 17.9 Å². The van der Waals surface area contributed by atoms with Crippen molar-refractivity contribution in [2.24, 2.45) is 0 Å². The van der Waals surface area contributed by atoms with Crippen LogP contribution in [0.4, 0.5) is 0 Å². The third kappa shape index (κ3) is 3.45. The molecule has 21 heavy (non-hydrogen) atoms. The standard InChI is InChI=1S/C16H16O5/c1-21-15-8-12(18)6-7-13(15)14(9-16(19)20)10-2-4-11(17)5-3-10/h2-8,14,17-18H,9H2,1H3,(H,19,20). The van der Waals surface area contributed by atoms with Crippen LogP contribution in [0.3, 0.4) is 0 Å². The first kappa shape index (κ1) is 14.7. The van der Waals surface area contributed by atoms with E-state index in [1.807, 2.05) is 0 Å². The fourth-order valence-corrected chi connectivity index (χ4v) is 2.28. The molecule has 2 rings (SSSR count). The maximum atomic E-state index is 11.2. The van der Waals surface area contributed by atoms with Crippen LogP contribution in [0.5, 0.6) is 17.2 Å². The van der Waals surface area contributed by atoms with Gasteiger partial charge in [0.2, 0.25) is 0 Å². The molecule has 0 aliphatic heterocycles. The normalized spacial score (nSPS) is 11.9. The van der Waals surface area contributed by atoms with E-state index in [1.165, 1.54) is 31.4 Å². The minimum absolute atomic E-state index is 0.0513. The number of aromatic hydroxyl groups is 2. The van der Waals surface area contributed by atoms with Crippen molar-refractivity contribution in [3.8, 4) is 17.2 Å². The van der Waals surface area contributed by atoms with E-state index in [2.05, 4.69) is 0 Å². The molecular weight excluding hydrogens is 272 g/mol. The summed E-state index contributed by atoms with van der Waals surface area (Å²) in [6.45, 7) is 0. The first-order chi connectivity index (χ1) is 10.0. The lowest BCUT2D eigenvalue weighted by atomic mass is 9.88. The molecule has 0 saturated heterocycles. The quantitative estimate of drug-likeness (QED) is 0.787. The molecule has 1 atom stereocenters. The number of rotatable bonds is 5. The molecule has 2 aromatic carbocycles. The zero-order valence-electron chi connectivity index (χ0n) is 11.5. The Balaban J connectivity index is 2.50. The molecule has 0 heterocycles. The Bertz CT molecular complexity index is 634. The molecule has 5 heteroatoms. The summed E-state index contributed by atoms with van der Waals surface area (Å²) in [5.41, 5.74) is 1.42. The Kier molecular flexibility index (Phi) is 4.33. The van der Waals surface area contributed by atoms with Crippen LogP contribution in [0.25, 0.3) is 0 Å². The molecular formula is C16H16O5. The third-order valence-electron chi connectivity index (χ3n) is 3.27. The molecule has 3 N–H and O–H groups in total. The summed E-state index contributed by atoms with van der Waals surface area (Å²) < 4.78 is 5.23. The lowest BCUT2D eigenvalue weighted by Crippen LogP contribution is -2.09. The molecule has 2 aromatic rings. The SMILES string of the molecule is COc1cc(O)ccc1C(CC(=O)O)c1ccc(O)cc1. The van der Waals surface area contributed by atoms with Crippen molar-refractivity contribution in [3.05, 3.63) is 53.6 Å². The van der Waals surface area contributed by atoms with E-state index in [9.17, 15) is 15.0 Å². The van der Waals surface area contributed by atoms with Crippen molar-refractivity contribution in [1.82, 2.24) is 0 Å². The molecule has 0 amide bonds. The van der Waals surface area contributed by atoms with Crippen LogP contribution in [-0.4, -0.2) is 28.4 Å². The Morgan fingerprint density at radius 1 is 1.10 bits per heavy atom. The highest BCUT2D eigenvalue weighted by Crippen LogP contribution is 2.36. The summed E-state index contributed by atoms with van der Waals surface area (Å²) in [6.07, 6.45) is -0.119. The highest BCUT2D eigenvalue weighted by atomic mass is 16.5. The zero-order chi connectivity index (χ0) is 15.4. The van der Waals surface area contributed by atoms with Crippen LogP contribution in [0.15, 0.2) is 42.5 Å². The molecule has 0 aromatic heterocycles. The van der Waals surface area contributed by atoms with Gasteiger partial charge in [0.1, 0.15) is 17.2 Å². The van der Waals surface area contributed by atoms with Crippen LogP contribution in [-0.2, 0) is 4.79 Å². The van der Waals surface area contributed by atoms with Gasteiger partial charge in [-0.15, -0.1) is 0 Å². The van der Waals surface area contributed by atoms with Crippen molar-refractivity contribution < 1.29 is 24.9 Å². The second kappa shape index (κ2) is 6.17. The summed E-state index contributed by atoms with van der Waals surface area (Å²) in [6, 6.07) is 11.0. The predicted molar refractivity (Wildman–Crippen MR) is 76.9 cm³/mol. The number of ether oxygens (including phenoxy) is 1. The number of hydrogen-bond donors (Lipinski definition) is 3. The van der Waals surface area contributed by atoms with Gasteiger partial charge in [-0.3, -0.25) is 4.79 Å². The number of phenols is 2. The van der Waals surface area contributed by atoms with Gasteiger partial charge in [-0.25, -0.2) is 0 Å². The first-order valence-electron chi connectivity index (χ1n) is 6.39. The number of benzene rings is 2. The molecule has 0 spiro atoms. The second-order valence-corrected chi connectivity index (χ2v) is 4.67. The minimum atomic E-state index is -0.941. The van der Waals surface area contributed by atoms with Gasteiger partial charge in [0, 0.05) is 17.5 Å². The van der Waals surface area contributed by atoms with Crippen LogP contribution in [0.1, 0.15) is 23.5 Å². The highest BCUT2D eigenvalue weighted by Gasteiger charge is 2.21. The molecule has 1 unspecified atom stereocenters. The fourth-order valence-electron chi connectivity index (χ4n) is 2.28. The molecule has 0 fully saturated rings. The van der Waals surface area contributed by atoms with Gasteiger partial charge in [-0.1, -0.05) is 18.2 Å². The summed E-state index contributed by atoms with van der Waals surface area (Å²) in [4.78, 5) is 11.2. The summed E-state index contributed by atoms with van der Waals surface area (Å²) in [5.74, 6) is -0.781. The highest BCUT2D eigenvalue weighted by molar-refractivity contribution is 5.69. The Hall–Kier alpha value is -2.69. The number of methoxy groups -OCH3 is 1. The number of carbonyl (C=O) groups is 1. The lowest BCUT2D eigenvalue weighted by Gasteiger charge is -2.19. The minimum Gasteiger partial charge on any atom is -0.508 e. The molecule has 0 aliphatic carbocycles. The van der Waals surface area contributed by atoms with Crippen LogP contribution >= 0.6 is 0 Å². The van der Waals surface area contributed by atoms with Crippen molar-refractivity contribution in [1.29, 1.82) is 0 Å². The summed E-state index contributed by atoms with van der Waals surface area (Å²) in [5, 5.41) is 28.0. The van der Waals surface area contributed by atoms with E-state index in [4.69, 9.17) is 9.84 Å². The van der Waals surface area contributed by atoms with Crippen LogP contribution in [0, 0.1) is 0 Å².